The van der Waals surface area contributed by atoms with Crippen LogP contribution in [0.4, 0.5) is 0 Å². The number of amides is 2. The molecule has 1 fully saturated rings. The lowest BCUT2D eigenvalue weighted by Gasteiger charge is -2.36. The van der Waals surface area contributed by atoms with Crippen LogP contribution < -0.4 is 14.8 Å². The van der Waals surface area contributed by atoms with E-state index in [9.17, 15) is 9.59 Å². The number of nitrogens with one attached hydrogen (secondary N) is 1. The Labute approximate surface area is 189 Å². The van der Waals surface area contributed by atoms with Crippen LogP contribution in [0.25, 0.3) is 0 Å². The molecule has 1 aliphatic carbocycles. The molecule has 1 N–H and O–H groups in total. The smallest absolute Gasteiger partial charge is 0.255 e. The number of hydrogen-bond acceptors (Lipinski definition) is 4. The van der Waals surface area contributed by atoms with E-state index < -0.39 is 6.04 Å². The third-order valence-electron chi connectivity index (χ3n) is 7.18. The first kappa shape index (κ1) is 22.2. The molecular formula is C26H32N2O4. The summed E-state index contributed by atoms with van der Waals surface area (Å²) in [4.78, 5) is 28.6. The van der Waals surface area contributed by atoms with Crippen LogP contribution in [0.3, 0.4) is 0 Å². The highest BCUT2D eigenvalue weighted by atomic mass is 16.5. The van der Waals surface area contributed by atoms with Gasteiger partial charge >= 0.3 is 0 Å². The molecule has 4 atom stereocenters. The van der Waals surface area contributed by atoms with Crippen LogP contribution in [0.2, 0.25) is 0 Å². The molecular weight excluding hydrogens is 404 g/mol. The second kappa shape index (κ2) is 9.23. The minimum Gasteiger partial charge on any atom is -0.497 e. The van der Waals surface area contributed by atoms with Crippen LogP contribution in [-0.2, 0) is 11.3 Å². The van der Waals surface area contributed by atoms with Crippen molar-refractivity contribution < 1.29 is 19.1 Å². The maximum Gasteiger partial charge on any atom is 0.255 e. The van der Waals surface area contributed by atoms with E-state index in [0.29, 0.717) is 28.9 Å². The zero-order valence-corrected chi connectivity index (χ0v) is 19.3. The van der Waals surface area contributed by atoms with Gasteiger partial charge in [-0.05, 0) is 42.0 Å². The number of methoxy groups -OCH3 is 2. The predicted octanol–water partition coefficient (Wildman–Crippen LogP) is 4.34. The summed E-state index contributed by atoms with van der Waals surface area (Å²) in [7, 11) is 3.19. The largest absolute Gasteiger partial charge is 0.497 e. The Morgan fingerprint density at radius 3 is 2.62 bits per heavy atom. The van der Waals surface area contributed by atoms with Crippen molar-refractivity contribution in [2.45, 2.75) is 51.7 Å². The number of carbonyl (C=O) groups excluding carboxylic acids is 2. The van der Waals surface area contributed by atoms with E-state index >= 15 is 0 Å². The maximum atomic E-state index is 13.6. The summed E-state index contributed by atoms with van der Waals surface area (Å²) in [6.07, 6.45) is 3.29. The second-order valence-electron chi connectivity index (χ2n) is 8.98. The molecule has 0 spiro atoms. The Hall–Kier alpha value is -3.02. The van der Waals surface area contributed by atoms with Gasteiger partial charge in [0.25, 0.3) is 5.91 Å². The minimum atomic E-state index is -0.657. The third-order valence-corrected chi connectivity index (χ3v) is 7.18. The molecule has 2 aliphatic rings. The van der Waals surface area contributed by atoms with Crippen molar-refractivity contribution in [3.05, 3.63) is 59.2 Å². The molecule has 2 aromatic rings. The van der Waals surface area contributed by atoms with Gasteiger partial charge in [0.15, 0.2) is 0 Å². The lowest BCUT2D eigenvalue weighted by molar-refractivity contribution is -0.127. The van der Waals surface area contributed by atoms with E-state index in [-0.39, 0.29) is 24.4 Å². The van der Waals surface area contributed by atoms with E-state index in [1.807, 2.05) is 30.3 Å². The van der Waals surface area contributed by atoms with Gasteiger partial charge in [0, 0.05) is 23.2 Å². The molecule has 170 valence electrons. The Kier molecular flexibility index (Phi) is 6.40. The molecule has 6 heteroatoms. The van der Waals surface area contributed by atoms with E-state index in [4.69, 9.17) is 9.47 Å². The zero-order chi connectivity index (χ0) is 22.8. The van der Waals surface area contributed by atoms with Gasteiger partial charge in [-0.1, -0.05) is 44.9 Å². The first-order chi connectivity index (χ1) is 15.4. The summed E-state index contributed by atoms with van der Waals surface area (Å²) in [5.41, 5.74) is 2.18. The molecule has 0 saturated heterocycles. The number of benzene rings is 2. The summed E-state index contributed by atoms with van der Waals surface area (Å²) in [6, 6.07) is 12.4. The van der Waals surface area contributed by atoms with Crippen LogP contribution in [0, 0.1) is 11.8 Å². The van der Waals surface area contributed by atoms with Crippen LogP contribution >= 0.6 is 0 Å². The summed E-state index contributed by atoms with van der Waals surface area (Å²) in [6.45, 7) is 4.73. The van der Waals surface area contributed by atoms with Gasteiger partial charge in [-0.15, -0.1) is 0 Å². The van der Waals surface area contributed by atoms with Crippen molar-refractivity contribution in [2.24, 2.45) is 11.8 Å². The van der Waals surface area contributed by atoms with Crippen LogP contribution in [0.1, 0.15) is 60.6 Å². The Balaban J connectivity index is 1.64. The normalized spacial score (nSPS) is 24.8. The van der Waals surface area contributed by atoms with Gasteiger partial charge in [-0.2, -0.15) is 0 Å². The lowest BCUT2D eigenvalue weighted by atomic mass is 9.78. The van der Waals surface area contributed by atoms with Gasteiger partial charge in [0.05, 0.1) is 20.8 Å². The van der Waals surface area contributed by atoms with E-state index in [1.54, 1.807) is 31.3 Å². The van der Waals surface area contributed by atoms with Crippen molar-refractivity contribution in [1.82, 2.24) is 10.2 Å². The summed E-state index contributed by atoms with van der Waals surface area (Å²) < 4.78 is 10.8. The molecule has 4 rings (SSSR count). The molecule has 1 heterocycles. The van der Waals surface area contributed by atoms with Crippen molar-refractivity contribution in [1.29, 1.82) is 0 Å². The van der Waals surface area contributed by atoms with Crippen molar-refractivity contribution in [2.75, 3.05) is 14.2 Å². The summed E-state index contributed by atoms with van der Waals surface area (Å²) in [5, 5.41) is 3.28. The molecule has 6 nitrogen and oxygen atoms in total. The minimum absolute atomic E-state index is 0.110. The fraction of sp³-hybridized carbons (Fsp3) is 0.462. The fourth-order valence-electron chi connectivity index (χ4n) is 5.03. The zero-order valence-electron chi connectivity index (χ0n) is 19.3. The van der Waals surface area contributed by atoms with Gasteiger partial charge in [-0.25, -0.2) is 0 Å². The lowest BCUT2D eigenvalue weighted by Crippen LogP contribution is -2.48. The maximum absolute atomic E-state index is 13.6. The van der Waals surface area contributed by atoms with Gasteiger partial charge < -0.3 is 19.7 Å². The number of rotatable bonds is 6. The number of fused-ring (bicyclic) bond motifs is 1. The molecule has 1 saturated carbocycles. The first-order valence-corrected chi connectivity index (χ1v) is 11.4. The molecule has 0 aromatic heterocycles. The van der Waals surface area contributed by atoms with Gasteiger partial charge in [0.2, 0.25) is 5.91 Å². The first-order valence-electron chi connectivity index (χ1n) is 11.4. The number of nitrogens with zero attached hydrogens (tertiary/aromatic N) is 1. The number of carbonyl (C=O) groups is 2. The monoisotopic (exact) mass is 436 g/mol. The van der Waals surface area contributed by atoms with Crippen molar-refractivity contribution >= 4 is 11.8 Å². The Morgan fingerprint density at radius 1 is 1.09 bits per heavy atom. The average molecular weight is 437 g/mol. The SMILES string of the molecule is COc1ccc(CN2C(=O)c3ccccc3[C@@H]2C(=O)N[C@@H]2CCC[C@@H](C)[C@@H]2C)c(OC)c1. The molecule has 1 aliphatic heterocycles. The summed E-state index contributed by atoms with van der Waals surface area (Å²) >= 11 is 0. The van der Waals surface area contributed by atoms with E-state index in [2.05, 4.69) is 19.2 Å². The number of ether oxygens (including phenoxy) is 2. The molecule has 0 bridgehead atoms. The van der Waals surface area contributed by atoms with E-state index in [1.165, 1.54) is 6.42 Å². The molecule has 2 aromatic carbocycles. The third kappa shape index (κ3) is 4.06. The predicted molar refractivity (Wildman–Crippen MR) is 123 cm³/mol. The topological polar surface area (TPSA) is 67.9 Å². The fourth-order valence-corrected chi connectivity index (χ4v) is 5.03. The van der Waals surface area contributed by atoms with Crippen molar-refractivity contribution in [3.8, 4) is 11.5 Å². The average Bonchev–Trinajstić information content (AvgIpc) is 3.09. The van der Waals surface area contributed by atoms with Crippen LogP contribution in [0.15, 0.2) is 42.5 Å². The van der Waals surface area contributed by atoms with Gasteiger partial charge in [0.1, 0.15) is 17.5 Å². The molecule has 32 heavy (non-hydrogen) atoms. The second-order valence-corrected chi connectivity index (χ2v) is 8.98. The molecule has 0 radical (unpaired) electrons. The van der Waals surface area contributed by atoms with Crippen molar-refractivity contribution in [3.63, 3.8) is 0 Å². The van der Waals surface area contributed by atoms with E-state index in [0.717, 1.165) is 24.0 Å². The highest BCUT2D eigenvalue weighted by Crippen LogP contribution is 2.38. The quantitative estimate of drug-likeness (QED) is 0.731. The highest BCUT2D eigenvalue weighted by molar-refractivity contribution is 6.04. The Morgan fingerprint density at radius 2 is 1.88 bits per heavy atom. The molecule has 2 amide bonds. The summed E-state index contributed by atoms with van der Waals surface area (Å²) in [5.74, 6) is 2.05. The van der Waals surface area contributed by atoms with Crippen LogP contribution in [0.5, 0.6) is 11.5 Å². The standard InChI is InChI=1S/C26H32N2O4/c1-16-8-7-11-22(17(16)2)27-25(29)24-20-9-5-6-10-21(20)26(30)28(24)15-18-12-13-19(31-3)14-23(18)32-4/h5-6,9-10,12-14,16-17,22,24H,7-8,11,15H2,1-4H3,(H,27,29)/t16-,17+,22-,24-/m1/s1. The number of hydrogen-bond donors (Lipinski definition) is 1. The van der Waals surface area contributed by atoms with Gasteiger partial charge in [-0.3, -0.25) is 9.59 Å². The highest BCUT2D eigenvalue weighted by Gasteiger charge is 2.42. The van der Waals surface area contributed by atoms with Crippen LogP contribution in [-0.4, -0.2) is 37.0 Å². The Bertz CT molecular complexity index is 1010. The molecule has 0 unspecified atom stereocenters.